The molecule has 4 rings (SSSR count). The van der Waals surface area contributed by atoms with Crippen LogP contribution in [0, 0.1) is 0 Å². The van der Waals surface area contributed by atoms with E-state index in [4.69, 9.17) is 11.6 Å². The van der Waals surface area contributed by atoms with Gasteiger partial charge in [-0.1, -0.05) is 54.1 Å². The van der Waals surface area contributed by atoms with Gasteiger partial charge in [-0.3, -0.25) is 9.59 Å². The van der Waals surface area contributed by atoms with Crippen LogP contribution in [0.5, 0.6) is 0 Å². The Labute approximate surface area is 162 Å². The van der Waals surface area contributed by atoms with Crippen molar-refractivity contribution in [2.75, 3.05) is 0 Å². The topological polar surface area (TPSA) is 51.1 Å². The average Bonchev–Trinajstić information content (AvgIpc) is 3.28. The quantitative estimate of drug-likeness (QED) is 0.677. The van der Waals surface area contributed by atoms with Crippen LogP contribution < -0.4 is 5.32 Å². The van der Waals surface area contributed by atoms with E-state index in [1.165, 1.54) is 0 Å². The fourth-order valence-corrected chi connectivity index (χ4v) is 3.82. The van der Waals surface area contributed by atoms with Crippen LogP contribution in [-0.4, -0.2) is 16.3 Å². The van der Waals surface area contributed by atoms with E-state index in [9.17, 15) is 9.59 Å². The number of hydrogen-bond donors (Lipinski definition) is 1. The fourth-order valence-electron chi connectivity index (χ4n) is 3.60. The number of benzene rings is 2. The van der Waals surface area contributed by atoms with Gasteiger partial charge in [0.05, 0.1) is 11.6 Å². The number of carbonyl (C=O) groups is 2. The number of fused-ring (bicyclic) bond motifs is 1. The smallest absolute Gasteiger partial charge is 0.229 e. The van der Waals surface area contributed by atoms with Crippen LogP contribution in [0.2, 0.25) is 5.02 Å². The van der Waals surface area contributed by atoms with Gasteiger partial charge in [-0.05, 0) is 36.2 Å². The first-order valence-electron chi connectivity index (χ1n) is 8.95. The third kappa shape index (κ3) is 3.53. The van der Waals surface area contributed by atoms with Crippen LogP contribution in [0.4, 0.5) is 0 Å². The van der Waals surface area contributed by atoms with Crippen molar-refractivity contribution in [3.63, 3.8) is 0 Å². The molecule has 0 fully saturated rings. The largest absolute Gasteiger partial charge is 0.351 e. The van der Waals surface area contributed by atoms with Gasteiger partial charge >= 0.3 is 0 Å². The summed E-state index contributed by atoms with van der Waals surface area (Å²) in [4.78, 5) is 25.4. The summed E-state index contributed by atoms with van der Waals surface area (Å²) in [6, 6.07) is 20.4. The first-order chi connectivity index (χ1) is 13.1. The first kappa shape index (κ1) is 17.6. The molecule has 136 valence electrons. The minimum atomic E-state index is -0.235. The third-order valence-corrected chi connectivity index (χ3v) is 5.19. The summed E-state index contributed by atoms with van der Waals surface area (Å²) < 4.78 is 1.97. The lowest BCUT2D eigenvalue weighted by Crippen LogP contribution is -2.27. The lowest BCUT2D eigenvalue weighted by Gasteiger charge is -2.11. The highest BCUT2D eigenvalue weighted by Crippen LogP contribution is 2.31. The molecule has 2 heterocycles. The second kappa shape index (κ2) is 7.41. The molecule has 2 aromatic carbocycles. The maximum atomic E-state index is 12.8. The van der Waals surface area contributed by atoms with Crippen LogP contribution in [0.3, 0.4) is 0 Å². The van der Waals surface area contributed by atoms with Crippen molar-refractivity contribution in [2.24, 2.45) is 0 Å². The van der Waals surface area contributed by atoms with E-state index in [-0.39, 0.29) is 17.6 Å². The van der Waals surface area contributed by atoms with Crippen molar-refractivity contribution >= 4 is 23.3 Å². The number of ketones is 1. The molecular formula is C22H19ClN2O2. The normalized spacial score (nSPS) is 15.4. The van der Waals surface area contributed by atoms with Gasteiger partial charge in [0.2, 0.25) is 11.7 Å². The lowest BCUT2D eigenvalue weighted by atomic mass is 10.0. The van der Waals surface area contributed by atoms with E-state index in [2.05, 4.69) is 5.32 Å². The van der Waals surface area contributed by atoms with E-state index in [1.807, 2.05) is 71.3 Å². The Bertz CT molecular complexity index is 995. The van der Waals surface area contributed by atoms with Gasteiger partial charge in [0.1, 0.15) is 0 Å². The van der Waals surface area contributed by atoms with E-state index in [0.29, 0.717) is 35.8 Å². The molecule has 1 atom stereocenters. The molecule has 0 radical (unpaired) electrons. The Morgan fingerprint density at radius 1 is 1.04 bits per heavy atom. The average molecular weight is 379 g/mol. The van der Waals surface area contributed by atoms with Crippen LogP contribution >= 0.6 is 11.6 Å². The second-order valence-electron chi connectivity index (χ2n) is 6.68. The van der Waals surface area contributed by atoms with Crippen LogP contribution in [0.15, 0.2) is 66.7 Å². The Morgan fingerprint density at radius 2 is 1.85 bits per heavy atom. The zero-order valence-electron chi connectivity index (χ0n) is 14.7. The molecule has 0 aliphatic carbocycles. The molecule has 1 aromatic heterocycles. The van der Waals surface area contributed by atoms with Gasteiger partial charge in [-0.25, -0.2) is 0 Å². The Hall–Kier alpha value is -2.85. The first-order valence-corrected chi connectivity index (χ1v) is 9.32. The van der Waals surface area contributed by atoms with Crippen LogP contribution in [-0.2, 0) is 17.9 Å². The molecule has 1 aliphatic heterocycles. The summed E-state index contributed by atoms with van der Waals surface area (Å²) in [6.07, 6.45) is 0.701. The Balaban J connectivity index is 1.48. The maximum absolute atomic E-state index is 12.8. The molecule has 0 bridgehead atoms. The van der Waals surface area contributed by atoms with Crippen LogP contribution in [0.25, 0.3) is 0 Å². The predicted molar refractivity (Wildman–Crippen MR) is 105 cm³/mol. The monoisotopic (exact) mass is 378 g/mol. The minimum Gasteiger partial charge on any atom is -0.351 e. The molecule has 1 N–H and O–H groups in total. The maximum Gasteiger partial charge on any atom is 0.229 e. The van der Waals surface area contributed by atoms with Gasteiger partial charge in [-0.2, -0.15) is 0 Å². The summed E-state index contributed by atoms with van der Waals surface area (Å²) in [6.45, 7) is 1.11. The second-order valence-corrected chi connectivity index (χ2v) is 7.12. The van der Waals surface area contributed by atoms with Crippen LogP contribution in [0.1, 0.15) is 39.6 Å². The Morgan fingerprint density at radius 3 is 2.63 bits per heavy atom. The highest BCUT2D eigenvalue weighted by Gasteiger charge is 2.31. The molecule has 5 heteroatoms. The highest BCUT2D eigenvalue weighted by atomic mass is 35.5. The van der Waals surface area contributed by atoms with Crippen molar-refractivity contribution in [1.29, 1.82) is 0 Å². The lowest BCUT2D eigenvalue weighted by molar-refractivity contribution is -0.122. The molecule has 0 unspecified atom stereocenters. The van der Waals surface area contributed by atoms with Gasteiger partial charge in [0.25, 0.3) is 0 Å². The summed E-state index contributed by atoms with van der Waals surface area (Å²) in [5.41, 5.74) is 3.16. The number of nitrogens with zero attached hydrogens (tertiary/aromatic N) is 1. The Kier molecular flexibility index (Phi) is 4.82. The van der Waals surface area contributed by atoms with Crippen molar-refractivity contribution in [3.8, 4) is 0 Å². The van der Waals surface area contributed by atoms with E-state index < -0.39 is 0 Å². The molecule has 0 spiro atoms. The molecule has 27 heavy (non-hydrogen) atoms. The number of hydrogen-bond acceptors (Lipinski definition) is 2. The van der Waals surface area contributed by atoms with E-state index in [0.717, 1.165) is 11.3 Å². The van der Waals surface area contributed by atoms with Gasteiger partial charge < -0.3 is 9.88 Å². The number of aromatic nitrogens is 1. The number of rotatable bonds is 5. The number of nitrogens with one attached hydrogen (secondary N) is 1. The summed E-state index contributed by atoms with van der Waals surface area (Å²) in [5, 5.41) is 3.64. The van der Waals surface area contributed by atoms with Gasteiger partial charge in [-0.15, -0.1) is 0 Å². The van der Waals surface area contributed by atoms with Gasteiger partial charge in [0.15, 0.2) is 0 Å². The molecule has 4 nitrogen and oxygen atoms in total. The highest BCUT2D eigenvalue weighted by molar-refractivity contribution is 6.30. The summed E-state index contributed by atoms with van der Waals surface area (Å²) >= 11 is 5.99. The number of amides is 1. The molecule has 0 saturated carbocycles. The predicted octanol–water partition coefficient (Wildman–Crippen LogP) is 4.18. The van der Waals surface area contributed by atoms with E-state index >= 15 is 0 Å². The molecular weight excluding hydrogens is 360 g/mol. The molecule has 3 aromatic rings. The summed E-state index contributed by atoms with van der Waals surface area (Å²) in [5.74, 6) is -0.270. The van der Waals surface area contributed by atoms with E-state index in [1.54, 1.807) is 0 Å². The fraction of sp³-hybridized carbons (Fsp3) is 0.182. The zero-order chi connectivity index (χ0) is 18.8. The SMILES string of the molecule is O=C(c1ccccc1)c1ccc2n1CC[C@@H]2C(=O)NCc1cccc(Cl)c1. The molecule has 1 amide bonds. The summed E-state index contributed by atoms with van der Waals surface area (Å²) in [7, 11) is 0. The van der Waals surface area contributed by atoms with Crippen molar-refractivity contribution < 1.29 is 9.59 Å². The standard InChI is InChI=1S/C22H19ClN2O2/c23-17-8-4-5-15(13-17)14-24-22(27)18-11-12-25-19(18)9-10-20(25)21(26)16-6-2-1-3-7-16/h1-10,13,18H,11-12,14H2,(H,24,27)/t18-/m0/s1. The van der Waals surface area contributed by atoms with Crippen molar-refractivity contribution in [3.05, 3.63) is 94.3 Å². The third-order valence-electron chi connectivity index (χ3n) is 4.95. The molecule has 1 aliphatic rings. The van der Waals surface area contributed by atoms with Crippen molar-refractivity contribution in [1.82, 2.24) is 9.88 Å². The van der Waals surface area contributed by atoms with Gasteiger partial charge in [0, 0.05) is 29.4 Å². The minimum absolute atomic E-state index is 0.0122. The molecule has 0 saturated heterocycles. The number of halogens is 1. The number of carbonyl (C=O) groups excluding carboxylic acids is 2. The zero-order valence-corrected chi connectivity index (χ0v) is 15.4. The van der Waals surface area contributed by atoms with Crippen molar-refractivity contribution in [2.45, 2.75) is 25.4 Å².